The van der Waals surface area contributed by atoms with Gasteiger partial charge in [0, 0.05) is 41.9 Å². The molecule has 152 valence electrons. The molecule has 4 heterocycles. The van der Waals surface area contributed by atoms with Crippen molar-refractivity contribution in [2.45, 2.75) is 19.5 Å². The maximum absolute atomic E-state index is 13.7. The predicted octanol–water partition coefficient (Wildman–Crippen LogP) is 4.10. The zero-order chi connectivity index (χ0) is 20.7. The van der Waals surface area contributed by atoms with E-state index in [0.717, 1.165) is 40.9 Å². The van der Waals surface area contributed by atoms with Gasteiger partial charge in [0.2, 0.25) is 5.95 Å². The average molecular weight is 438 g/mol. The number of halogens is 1. The summed E-state index contributed by atoms with van der Waals surface area (Å²) >= 11 is 7.85. The van der Waals surface area contributed by atoms with Crippen LogP contribution in [0.2, 0.25) is 5.02 Å². The molecule has 3 aromatic heterocycles. The molecule has 0 saturated heterocycles. The van der Waals surface area contributed by atoms with Crippen LogP contribution in [0.3, 0.4) is 0 Å². The summed E-state index contributed by atoms with van der Waals surface area (Å²) in [5.74, 6) is 0.513. The summed E-state index contributed by atoms with van der Waals surface area (Å²) < 4.78 is 1.64. The van der Waals surface area contributed by atoms with Crippen molar-refractivity contribution in [1.29, 1.82) is 0 Å². The summed E-state index contributed by atoms with van der Waals surface area (Å²) in [6, 6.07) is 11.2. The van der Waals surface area contributed by atoms with E-state index in [-0.39, 0.29) is 5.56 Å². The number of aromatic nitrogens is 3. The van der Waals surface area contributed by atoms with Gasteiger partial charge in [0.25, 0.3) is 5.56 Å². The van der Waals surface area contributed by atoms with Gasteiger partial charge in [0.15, 0.2) is 0 Å². The molecule has 0 fully saturated rings. The molecular formula is C22H20ClN5OS. The maximum atomic E-state index is 13.7. The van der Waals surface area contributed by atoms with Crippen molar-refractivity contribution in [3.8, 4) is 5.69 Å². The third-order valence-corrected chi connectivity index (χ3v) is 6.68. The van der Waals surface area contributed by atoms with Crippen LogP contribution in [0.25, 0.3) is 15.9 Å². The Morgan fingerprint density at radius 2 is 2.07 bits per heavy atom. The van der Waals surface area contributed by atoms with Crippen LogP contribution in [0.4, 0.5) is 5.95 Å². The average Bonchev–Trinajstić information content (AvgIpc) is 3.10. The van der Waals surface area contributed by atoms with Gasteiger partial charge >= 0.3 is 0 Å². The SMILES string of the molecule is CN1CCc2c(sc3nc(NCc4ccncc4)n(-c4cccc(Cl)c4)c(=O)c23)C1. The second kappa shape index (κ2) is 7.83. The third kappa shape index (κ3) is 3.49. The molecule has 0 unspecified atom stereocenters. The topological polar surface area (TPSA) is 63.1 Å². The standard InChI is InChI=1S/C22H20ClN5OS/c1-27-10-7-17-18(13-27)30-20-19(17)21(29)28(16-4-2-3-15(23)11-16)22(26-20)25-12-14-5-8-24-9-6-14/h2-6,8-9,11H,7,10,12-13H2,1H3,(H,25,26). The molecule has 8 heteroatoms. The fourth-order valence-corrected chi connectivity index (χ4v) is 5.30. The molecule has 0 aliphatic carbocycles. The number of anilines is 1. The highest BCUT2D eigenvalue weighted by atomic mass is 35.5. The molecule has 5 rings (SSSR count). The largest absolute Gasteiger partial charge is 0.351 e. The second-order valence-corrected chi connectivity index (χ2v) is 8.96. The minimum atomic E-state index is -0.0541. The Kier molecular flexibility index (Phi) is 5.02. The highest BCUT2D eigenvalue weighted by molar-refractivity contribution is 7.18. The normalized spacial score (nSPS) is 14.1. The summed E-state index contributed by atoms with van der Waals surface area (Å²) in [5, 5.41) is 4.66. The van der Waals surface area contributed by atoms with E-state index in [0.29, 0.717) is 23.2 Å². The zero-order valence-electron chi connectivity index (χ0n) is 16.4. The van der Waals surface area contributed by atoms with Crippen molar-refractivity contribution in [2.75, 3.05) is 18.9 Å². The monoisotopic (exact) mass is 437 g/mol. The lowest BCUT2D eigenvalue weighted by Gasteiger charge is -2.21. The molecule has 1 aliphatic heterocycles. The van der Waals surface area contributed by atoms with Gasteiger partial charge in [-0.05, 0) is 54.9 Å². The van der Waals surface area contributed by atoms with Gasteiger partial charge in [0.1, 0.15) is 4.83 Å². The molecule has 30 heavy (non-hydrogen) atoms. The molecule has 0 amide bonds. The smallest absolute Gasteiger partial charge is 0.268 e. The Balaban J connectivity index is 1.68. The lowest BCUT2D eigenvalue weighted by molar-refractivity contribution is 0.318. The highest BCUT2D eigenvalue weighted by Gasteiger charge is 2.24. The van der Waals surface area contributed by atoms with Crippen LogP contribution in [-0.2, 0) is 19.5 Å². The summed E-state index contributed by atoms with van der Waals surface area (Å²) in [6.07, 6.45) is 4.37. The first-order valence-electron chi connectivity index (χ1n) is 9.75. The first-order valence-corrected chi connectivity index (χ1v) is 10.9. The molecule has 6 nitrogen and oxygen atoms in total. The fraction of sp³-hybridized carbons (Fsp3) is 0.227. The van der Waals surface area contributed by atoms with E-state index in [1.54, 1.807) is 40.4 Å². The molecule has 0 bridgehead atoms. The summed E-state index contributed by atoms with van der Waals surface area (Å²) in [6.45, 7) is 2.33. The number of nitrogens with one attached hydrogen (secondary N) is 1. The van der Waals surface area contributed by atoms with E-state index in [1.165, 1.54) is 4.88 Å². The molecule has 1 aliphatic rings. The number of rotatable bonds is 4. The van der Waals surface area contributed by atoms with Crippen LogP contribution in [0, 0.1) is 0 Å². The van der Waals surface area contributed by atoms with Crippen LogP contribution in [0.15, 0.2) is 53.6 Å². The first-order chi connectivity index (χ1) is 14.6. The molecule has 1 aromatic carbocycles. The van der Waals surface area contributed by atoms with Crippen LogP contribution in [0.5, 0.6) is 0 Å². The predicted molar refractivity (Wildman–Crippen MR) is 122 cm³/mol. The van der Waals surface area contributed by atoms with Crippen molar-refractivity contribution in [3.63, 3.8) is 0 Å². The van der Waals surface area contributed by atoms with Crippen LogP contribution < -0.4 is 10.9 Å². The van der Waals surface area contributed by atoms with Crippen LogP contribution in [0.1, 0.15) is 16.0 Å². The van der Waals surface area contributed by atoms with Gasteiger partial charge in [0.05, 0.1) is 11.1 Å². The van der Waals surface area contributed by atoms with E-state index in [1.807, 2.05) is 24.3 Å². The lowest BCUT2D eigenvalue weighted by Crippen LogP contribution is -2.27. The number of thiophene rings is 1. The van der Waals surface area contributed by atoms with E-state index in [4.69, 9.17) is 16.6 Å². The number of pyridine rings is 1. The Hall–Kier alpha value is -2.74. The minimum absolute atomic E-state index is 0.0541. The Bertz CT molecular complexity index is 1280. The van der Waals surface area contributed by atoms with E-state index in [2.05, 4.69) is 22.2 Å². The molecule has 1 N–H and O–H groups in total. The van der Waals surface area contributed by atoms with Gasteiger partial charge in [-0.25, -0.2) is 9.55 Å². The van der Waals surface area contributed by atoms with Gasteiger partial charge in [-0.1, -0.05) is 17.7 Å². The van der Waals surface area contributed by atoms with Crippen LogP contribution >= 0.6 is 22.9 Å². The quantitative estimate of drug-likeness (QED) is 0.521. The Morgan fingerprint density at radius 1 is 1.23 bits per heavy atom. The summed E-state index contributed by atoms with van der Waals surface area (Å²) in [5.41, 5.74) is 2.85. The first kappa shape index (κ1) is 19.2. The summed E-state index contributed by atoms with van der Waals surface area (Å²) in [7, 11) is 2.10. The number of likely N-dealkylation sites (N-methyl/N-ethyl adjacent to an activating group) is 1. The zero-order valence-corrected chi connectivity index (χ0v) is 18.0. The molecule has 4 aromatic rings. The molecule has 0 radical (unpaired) electrons. The molecule has 0 saturated carbocycles. The van der Waals surface area contributed by atoms with Gasteiger partial charge < -0.3 is 10.2 Å². The Labute approximate surface area is 182 Å². The van der Waals surface area contributed by atoms with Crippen molar-refractivity contribution >= 4 is 39.1 Å². The molecule has 0 atom stereocenters. The van der Waals surface area contributed by atoms with E-state index >= 15 is 0 Å². The number of fused-ring (bicyclic) bond motifs is 3. The maximum Gasteiger partial charge on any atom is 0.268 e. The fourth-order valence-electron chi connectivity index (χ4n) is 3.83. The minimum Gasteiger partial charge on any atom is -0.351 e. The third-order valence-electron chi connectivity index (χ3n) is 5.33. The van der Waals surface area contributed by atoms with Crippen LogP contribution in [-0.4, -0.2) is 33.0 Å². The van der Waals surface area contributed by atoms with Crippen molar-refractivity contribution in [2.24, 2.45) is 0 Å². The number of hydrogen-bond acceptors (Lipinski definition) is 6. The number of hydrogen-bond donors (Lipinski definition) is 1. The van der Waals surface area contributed by atoms with E-state index in [9.17, 15) is 4.79 Å². The lowest BCUT2D eigenvalue weighted by atomic mass is 10.1. The van der Waals surface area contributed by atoms with E-state index < -0.39 is 0 Å². The summed E-state index contributed by atoms with van der Waals surface area (Å²) in [4.78, 5) is 26.9. The molecular weight excluding hydrogens is 418 g/mol. The second-order valence-electron chi connectivity index (χ2n) is 7.44. The number of nitrogens with zero attached hydrogens (tertiary/aromatic N) is 4. The highest BCUT2D eigenvalue weighted by Crippen LogP contribution is 2.33. The van der Waals surface area contributed by atoms with Gasteiger partial charge in [-0.2, -0.15) is 0 Å². The van der Waals surface area contributed by atoms with Crippen molar-refractivity contribution < 1.29 is 0 Å². The Morgan fingerprint density at radius 3 is 2.87 bits per heavy atom. The number of benzene rings is 1. The van der Waals surface area contributed by atoms with Crippen molar-refractivity contribution in [3.05, 3.63) is 80.2 Å². The van der Waals surface area contributed by atoms with Crippen molar-refractivity contribution in [1.82, 2.24) is 19.4 Å². The van der Waals surface area contributed by atoms with Gasteiger partial charge in [-0.15, -0.1) is 11.3 Å². The van der Waals surface area contributed by atoms with Gasteiger partial charge in [-0.3, -0.25) is 9.78 Å². The molecule has 0 spiro atoms.